The van der Waals surface area contributed by atoms with E-state index in [0.29, 0.717) is 0 Å². The van der Waals surface area contributed by atoms with Crippen LogP contribution in [0.1, 0.15) is 22.6 Å². The first-order valence-corrected chi connectivity index (χ1v) is 5.87. The standard InChI is InChI=1S/C15H13ClO/c1-11-7-9-13(10-8-11)14(15(16)17)12-5-3-2-4-6-12/h2-10,14H,1H3. The molecule has 2 rings (SSSR count). The van der Waals surface area contributed by atoms with Gasteiger partial charge in [0, 0.05) is 0 Å². The van der Waals surface area contributed by atoms with Crippen molar-refractivity contribution in [2.24, 2.45) is 0 Å². The molecular formula is C15H13ClO. The largest absolute Gasteiger partial charge is 0.280 e. The summed E-state index contributed by atoms with van der Waals surface area (Å²) in [6, 6.07) is 17.5. The number of benzene rings is 2. The SMILES string of the molecule is Cc1ccc(C(C(=O)Cl)c2ccccc2)cc1. The summed E-state index contributed by atoms with van der Waals surface area (Å²) in [4.78, 5) is 11.6. The van der Waals surface area contributed by atoms with Crippen LogP contribution in [0.5, 0.6) is 0 Å². The molecule has 86 valence electrons. The zero-order chi connectivity index (χ0) is 12.3. The van der Waals surface area contributed by atoms with E-state index in [1.165, 1.54) is 5.56 Å². The molecule has 0 radical (unpaired) electrons. The van der Waals surface area contributed by atoms with E-state index in [9.17, 15) is 4.79 Å². The van der Waals surface area contributed by atoms with Gasteiger partial charge in [-0.05, 0) is 29.7 Å². The van der Waals surface area contributed by atoms with Crippen molar-refractivity contribution in [3.63, 3.8) is 0 Å². The Kier molecular flexibility index (Phi) is 3.60. The molecule has 0 saturated heterocycles. The predicted octanol–water partition coefficient (Wildman–Crippen LogP) is 3.89. The highest BCUT2D eigenvalue weighted by Crippen LogP contribution is 2.27. The molecule has 0 aliphatic carbocycles. The van der Waals surface area contributed by atoms with Gasteiger partial charge in [-0.25, -0.2) is 0 Å². The van der Waals surface area contributed by atoms with Crippen LogP contribution in [-0.4, -0.2) is 5.24 Å². The molecule has 17 heavy (non-hydrogen) atoms. The molecule has 2 heteroatoms. The molecule has 0 amide bonds. The minimum Gasteiger partial charge on any atom is -0.280 e. The van der Waals surface area contributed by atoms with Gasteiger partial charge in [0.15, 0.2) is 0 Å². The summed E-state index contributed by atoms with van der Waals surface area (Å²) in [7, 11) is 0. The lowest BCUT2D eigenvalue weighted by Crippen LogP contribution is -2.08. The van der Waals surface area contributed by atoms with Gasteiger partial charge in [-0.1, -0.05) is 60.2 Å². The number of halogens is 1. The van der Waals surface area contributed by atoms with E-state index in [1.54, 1.807) is 0 Å². The second kappa shape index (κ2) is 5.15. The molecule has 1 unspecified atom stereocenters. The lowest BCUT2D eigenvalue weighted by molar-refractivity contribution is -0.112. The second-order valence-electron chi connectivity index (χ2n) is 4.06. The predicted molar refractivity (Wildman–Crippen MR) is 70.3 cm³/mol. The van der Waals surface area contributed by atoms with Crippen LogP contribution in [0.25, 0.3) is 0 Å². The van der Waals surface area contributed by atoms with Gasteiger partial charge in [0.05, 0.1) is 5.92 Å². The Labute approximate surface area is 106 Å². The Morgan fingerprint density at radius 2 is 1.47 bits per heavy atom. The lowest BCUT2D eigenvalue weighted by atomic mass is 9.92. The first-order valence-electron chi connectivity index (χ1n) is 5.49. The van der Waals surface area contributed by atoms with Crippen LogP contribution in [0.3, 0.4) is 0 Å². The average Bonchev–Trinajstić information content (AvgIpc) is 2.33. The first kappa shape index (κ1) is 11.9. The van der Waals surface area contributed by atoms with Crippen molar-refractivity contribution in [3.8, 4) is 0 Å². The molecule has 2 aromatic rings. The second-order valence-corrected chi connectivity index (χ2v) is 4.43. The van der Waals surface area contributed by atoms with Gasteiger partial charge in [0.25, 0.3) is 0 Å². The average molecular weight is 245 g/mol. The lowest BCUT2D eigenvalue weighted by Gasteiger charge is -2.13. The molecular weight excluding hydrogens is 232 g/mol. The molecule has 0 spiro atoms. The van der Waals surface area contributed by atoms with Crippen molar-refractivity contribution < 1.29 is 4.79 Å². The van der Waals surface area contributed by atoms with E-state index in [1.807, 2.05) is 61.5 Å². The van der Waals surface area contributed by atoms with Gasteiger partial charge >= 0.3 is 0 Å². The smallest absolute Gasteiger partial charge is 0.233 e. The molecule has 0 aliphatic rings. The number of carbonyl (C=O) groups is 1. The third kappa shape index (κ3) is 2.75. The van der Waals surface area contributed by atoms with Gasteiger partial charge in [-0.2, -0.15) is 0 Å². The topological polar surface area (TPSA) is 17.1 Å². The van der Waals surface area contributed by atoms with Gasteiger partial charge in [-0.15, -0.1) is 0 Å². The summed E-state index contributed by atoms with van der Waals surface area (Å²) in [6.07, 6.45) is 0. The molecule has 0 saturated carbocycles. The number of aryl methyl sites for hydroxylation is 1. The third-order valence-electron chi connectivity index (χ3n) is 2.77. The van der Waals surface area contributed by atoms with Gasteiger partial charge in [0.1, 0.15) is 0 Å². The Hall–Kier alpha value is -1.60. The molecule has 1 atom stereocenters. The zero-order valence-electron chi connectivity index (χ0n) is 9.56. The van der Waals surface area contributed by atoms with Crippen molar-refractivity contribution in [2.75, 3.05) is 0 Å². The van der Waals surface area contributed by atoms with Crippen molar-refractivity contribution in [3.05, 3.63) is 71.3 Å². The fourth-order valence-corrected chi connectivity index (χ4v) is 2.11. The fraction of sp³-hybridized carbons (Fsp3) is 0.133. The summed E-state index contributed by atoms with van der Waals surface area (Å²) in [6.45, 7) is 2.02. The summed E-state index contributed by atoms with van der Waals surface area (Å²) in [5.41, 5.74) is 3.03. The highest BCUT2D eigenvalue weighted by Gasteiger charge is 2.20. The number of hydrogen-bond acceptors (Lipinski definition) is 1. The number of rotatable bonds is 3. The molecule has 0 fully saturated rings. The van der Waals surface area contributed by atoms with E-state index in [4.69, 9.17) is 11.6 Å². The van der Waals surface area contributed by atoms with Crippen molar-refractivity contribution in [2.45, 2.75) is 12.8 Å². The van der Waals surface area contributed by atoms with Crippen LogP contribution < -0.4 is 0 Å². The molecule has 1 nitrogen and oxygen atoms in total. The Morgan fingerprint density at radius 3 is 2.00 bits per heavy atom. The number of hydrogen-bond donors (Lipinski definition) is 0. The normalized spacial score (nSPS) is 12.1. The highest BCUT2D eigenvalue weighted by atomic mass is 35.5. The van der Waals surface area contributed by atoms with Crippen molar-refractivity contribution in [1.82, 2.24) is 0 Å². The zero-order valence-corrected chi connectivity index (χ0v) is 10.3. The molecule has 0 heterocycles. The Bertz CT molecular complexity index is 502. The van der Waals surface area contributed by atoms with E-state index < -0.39 is 0 Å². The maximum absolute atomic E-state index is 11.6. The molecule has 0 bridgehead atoms. The molecule has 0 aromatic heterocycles. The van der Waals surface area contributed by atoms with Gasteiger partial charge in [-0.3, -0.25) is 4.79 Å². The van der Waals surface area contributed by atoms with Crippen LogP contribution in [0.15, 0.2) is 54.6 Å². The molecule has 0 N–H and O–H groups in total. The number of carbonyl (C=O) groups excluding carboxylic acids is 1. The van der Waals surface area contributed by atoms with Gasteiger partial charge in [0.2, 0.25) is 5.24 Å². The van der Waals surface area contributed by atoms with E-state index in [-0.39, 0.29) is 11.2 Å². The third-order valence-corrected chi connectivity index (χ3v) is 2.99. The van der Waals surface area contributed by atoms with Crippen LogP contribution in [0, 0.1) is 6.92 Å². The minimum atomic E-state index is -0.376. The van der Waals surface area contributed by atoms with Crippen LogP contribution >= 0.6 is 11.6 Å². The van der Waals surface area contributed by atoms with E-state index >= 15 is 0 Å². The molecule has 2 aromatic carbocycles. The Balaban J connectivity index is 2.43. The first-order chi connectivity index (χ1) is 8.18. The van der Waals surface area contributed by atoms with Gasteiger partial charge < -0.3 is 0 Å². The summed E-state index contributed by atoms with van der Waals surface area (Å²) >= 11 is 5.71. The fourth-order valence-electron chi connectivity index (χ4n) is 1.86. The summed E-state index contributed by atoms with van der Waals surface area (Å²) in [5, 5.41) is -0.347. The van der Waals surface area contributed by atoms with Crippen molar-refractivity contribution in [1.29, 1.82) is 0 Å². The summed E-state index contributed by atoms with van der Waals surface area (Å²) in [5.74, 6) is -0.376. The summed E-state index contributed by atoms with van der Waals surface area (Å²) < 4.78 is 0. The van der Waals surface area contributed by atoms with E-state index in [2.05, 4.69) is 0 Å². The van der Waals surface area contributed by atoms with Crippen LogP contribution in [-0.2, 0) is 4.79 Å². The highest BCUT2D eigenvalue weighted by molar-refractivity contribution is 6.65. The van der Waals surface area contributed by atoms with E-state index in [0.717, 1.165) is 11.1 Å². The van der Waals surface area contributed by atoms with Crippen LogP contribution in [0.2, 0.25) is 0 Å². The monoisotopic (exact) mass is 244 g/mol. The van der Waals surface area contributed by atoms with Crippen molar-refractivity contribution >= 4 is 16.8 Å². The maximum Gasteiger partial charge on any atom is 0.233 e. The van der Waals surface area contributed by atoms with Crippen LogP contribution in [0.4, 0.5) is 0 Å². The Morgan fingerprint density at radius 1 is 0.941 bits per heavy atom. The molecule has 0 aliphatic heterocycles. The minimum absolute atomic E-state index is 0.347. The quantitative estimate of drug-likeness (QED) is 0.749. The maximum atomic E-state index is 11.6.